The average Bonchev–Trinajstić information content (AvgIpc) is 2.71. The SMILES string of the molecule is CCCN(CCC)C(=O)c1ccc(C(=O)NCc2ccccc2OC)cc1. The standard InChI is InChI=1S/C22H28N2O3/c1-4-14-24(15-5-2)22(26)18-12-10-17(11-13-18)21(25)23-16-19-8-6-7-9-20(19)27-3/h6-13H,4-5,14-16H2,1-3H3,(H,23,25). The lowest BCUT2D eigenvalue weighted by atomic mass is 10.1. The summed E-state index contributed by atoms with van der Waals surface area (Å²) in [6, 6.07) is 14.4. The van der Waals surface area contributed by atoms with E-state index in [9.17, 15) is 9.59 Å². The van der Waals surface area contributed by atoms with Crippen LogP contribution in [0, 0.1) is 0 Å². The van der Waals surface area contributed by atoms with E-state index in [2.05, 4.69) is 19.2 Å². The zero-order valence-electron chi connectivity index (χ0n) is 16.3. The van der Waals surface area contributed by atoms with E-state index in [0.29, 0.717) is 17.7 Å². The predicted molar refractivity (Wildman–Crippen MR) is 107 cm³/mol. The molecule has 5 heteroatoms. The van der Waals surface area contributed by atoms with E-state index in [0.717, 1.165) is 37.2 Å². The van der Waals surface area contributed by atoms with Crippen LogP contribution in [0.2, 0.25) is 0 Å². The summed E-state index contributed by atoms with van der Waals surface area (Å²) in [5.74, 6) is 0.573. The number of carbonyl (C=O) groups excluding carboxylic acids is 2. The Kier molecular flexibility index (Phi) is 7.86. The molecule has 0 aliphatic heterocycles. The number of rotatable bonds is 9. The van der Waals surface area contributed by atoms with Gasteiger partial charge in [0.1, 0.15) is 5.75 Å². The fraction of sp³-hybridized carbons (Fsp3) is 0.364. The third kappa shape index (κ3) is 5.58. The van der Waals surface area contributed by atoms with Gasteiger partial charge in [-0.25, -0.2) is 0 Å². The Morgan fingerprint density at radius 2 is 1.52 bits per heavy atom. The molecule has 0 aliphatic rings. The minimum atomic E-state index is -0.182. The van der Waals surface area contributed by atoms with Gasteiger partial charge in [-0.15, -0.1) is 0 Å². The molecule has 2 amide bonds. The van der Waals surface area contributed by atoms with Crippen LogP contribution in [0.3, 0.4) is 0 Å². The topological polar surface area (TPSA) is 58.6 Å². The molecule has 144 valence electrons. The molecule has 2 rings (SSSR count). The molecule has 0 saturated heterocycles. The highest BCUT2D eigenvalue weighted by atomic mass is 16.5. The van der Waals surface area contributed by atoms with E-state index < -0.39 is 0 Å². The number of amides is 2. The fourth-order valence-corrected chi connectivity index (χ4v) is 2.93. The van der Waals surface area contributed by atoms with Gasteiger partial charge < -0.3 is 15.0 Å². The van der Waals surface area contributed by atoms with Crippen molar-refractivity contribution in [1.82, 2.24) is 10.2 Å². The number of nitrogens with one attached hydrogen (secondary N) is 1. The maximum atomic E-state index is 12.6. The number of benzene rings is 2. The number of para-hydroxylation sites is 1. The zero-order valence-corrected chi connectivity index (χ0v) is 16.3. The van der Waals surface area contributed by atoms with E-state index in [1.807, 2.05) is 29.2 Å². The summed E-state index contributed by atoms with van der Waals surface area (Å²) in [6.45, 7) is 5.99. The van der Waals surface area contributed by atoms with Crippen LogP contribution in [-0.4, -0.2) is 36.9 Å². The van der Waals surface area contributed by atoms with Crippen molar-refractivity contribution in [2.24, 2.45) is 0 Å². The number of nitrogens with zero attached hydrogens (tertiary/aromatic N) is 1. The minimum absolute atomic E-state index is 0.0136. The van der Waals surface area contributed by atoms with Crippen molar-refractivity contribution in [3.05, 3.63) is 65.2 Å². The predicted octanol–water partition coefficient (Wildman–Crippen LogP) is 3.89. The molecule has 0 spiro atoms. The van der Waals surface area contributed by atoms with Crippen molar-refractivity contribution in [1.29, 1.82) is 0 Å². The molecule has 0 radical (unpaired) electrons. The highest BCUT2D eigenvalue weighted by molar-refractivity contribution is 5.97. The Morgan fingerprint density at radius 1 is 0.926 bits per heavy atom. The molecule has 0 saturated carbocycles. The number of methoxy groups -OCH3 is 1. The van der Waals surface area contributed by atoms with Gasteiger partial charge in [0.2, 0.25) is 0 Å². The first-order valence-electron chi connectivity index (χ1n) is 9.40. The Hall–Kier alpha value is -2.82. The third-order valence-electron chi connectivity index (χ3n) is 4.30. The Balaban J connectivity index is 2.01. The van der Waals surface area contributed by atoms with Crippen molar-refractivity contribution in [2.45, 2.75) is 33.2 Å². The lowest BCUT2D eigenvalue weighted by Crippen LogP contribution is -2.32. The van der Waals surface area contributed by atoms with Gasteiger partial charge in [0.15, 0.2) is 0 Å². The van der Waals surface area contributed by atoms with Gasteiger partial charge >= 0.3 is 0 Å². The Labute approximate surface area is 161 Å². The van der Waals surface area contributed by atoms with Crippen LogP contribution in [0.5, 0.6) is 5.75 Å². The average molecular weight is 368 g/mol. The molecule has 0 heterocycles. The lowest BCUT2D eigenvalue weighted by Gasteiger charge is -2.21. The van der Waals surface area contributed by atoms with Crippen LogP contribution in [-0.2, 0) is 6.54 Å². The van der Waals surface area contributed by atoms with Crippen LogP contribution in [0.4, 0.5) is 0 Å². The van der Waals surface area contributed by atoms with Gasteiger partial charge in [-0.1, -0.05) is 32.0 Å². The van der Waals surface area contributed by atoms with Gasteiger partial charge in [-0.05, 0) is 43.2 Å². The first kappa shape index (κ1) is 20.5. The van der Waals surface area contributed by atoms with Crippen LogP contribution in [0.15, 0.2) is 48.5 Å². The van der Waals surface area contributed by atoms with Crippen LogP contribution in [0.25, 0.3) is 0 Å². The zero-order chi connectivity index (χ0) is 19.6. The van der Waals surface area contributed by atoms with Gasteiger partial charge in [0, 0.05) is 36.3 Å². The second kappa shape index (κ2) is 10.4. The molecule has 0 fully saturated rings. The third-order valence-corrected chi connectivity index (χ3v) is 4.30. The van der Waals surface area contributed by atoms with Crippen LogP contribution >= 0.6 is 0 Å². The van der Waals surface area contributed by atoms with E-state index in [4.69, 9.17) is 4.74 Å². The van der Waals surface area contributed by atoms with Gasteiger partial charge in [-0.2, -0.15) is 0 Å². The molecular formula is C22H28N2O3. The molecule has 5 nitrogen and oxygen atoms in total. The van der Waals surface area contributed by atoms with E-state index >= 15 is 0 Å². The number of hydrogen-bond acceptors (Lipinski definition) is 3. The number of ether oxygens (including phenoxy) is 1. The van der Waals surface area contributed by atoms with Gasteiger partial charge in [0.25, 0.3) is 11.8 Å². The summed E-state index contributed by atoms with van der Waals surface area (Å²) >= 11 is 0. The lowest BCUT2D eigenvalue weighted by molar-refractivity contribution is 0.0755. The molecule has 0 unspecified atom stereocenters. The number of hydrogen-bond donors (Lipinski definition) is 1. The molecule has 1 N–H and O–H groups in total. The van der Waals surface area contributed by atoms with Crippen molar-refractivity contribution in [2.75, 3.05) is 20.2 Å². The molecule has 0 aliphatic carbocycles. The molecule has 27 heavy (non-hydrogen) atoms. The summed E-state index contributed by atoms with van der Waals surface area (Å²) in [7, 11) is 1.61. The fourth-order valence-electron chi connectivity index (χ4n) is 2.93. The van der Waals surface area contributed by atoms with Crippen LogP contribution in [0.1, 0.15) is 53.0 Å². The molecule has 0 atom stereocenters. The van der Waals surface area contributed by atoms with Crippen molar-refractivity contribution in [3.8, 4) is 5.75 Å². The molecule has 2 aromatic carbocycles. The minimum Gasteiger partial charge on any atom is -0.496 e. The normalized spacial score (nSPS) is 10.3. The summed E-state index contributed by atoms with van der Waals surface area (Å²) in [4.78, 5) is 26.8. The first-order chi connectivity index (χ1) is 13.1. The summed E-state index contributed by atoms with van der Waals surface area (Å²) in [5, 5.41) is 2.89. The van der Waals surface area contributed by atoms with Gasteiger partial charge in [0.05, 0.1) is 7.11 Å². The summed E-state index contributed by atoms with van der Waals surface area (Å²) in [6.07, 6.45) is 1.85. The maximum absolute atomic E-state index is 12.6. The first-order valence-corrected chi connectivity index (χ1v) is 9.40. The Bertz CT molecular complexity index is 750. The second-order valence-electron chi connectivity index (χ2n) is 6.36. The molecule has 0 aromatic heterocycles. The monoisotopic (exact) mass is 368 g/mol. The highest BCUT2D eigenvalue weighted by Crippen LogP contribution is 2.17. The number of carbonyl (C=O) groups is 2. The van der Waals surface area contributed by atoms with Gasteiger partial charge in [-0.3, -0.25) is 9.59 Å². The van der Waals surface area contributed by atoms with E-state index in [-0.39, 0.29) is 11.8 Å². The summed E-state index contributed by atoms with van der Waals surface area (Å²) in [5.41, 5.74) is 2.05. The van der Waals surface area contributed by atoms with Crippen molar-refractivity contribution >= 4 is 11.8 Å². The van der Waals surface area contributed by atoms with E-state index in [1.54, 1.807) is 31.4 Å². The second-order valence-corrected chi connectivity index (χ2v) is 6.36. The van der Waals surface area contributed by atoms with Crippen molar-refractivity contribution < 1.29 is 14.3 Å². The Morgan fingerprint density at radius 3 is 2.11 bits per heavy atom. The van der Waals surface area contributed by atoms with Crippen molar-refractivity contribution in [3.63, 3.8) is 0 Å². The molecule has 0 bridgehead atoms. The quantitative estimate of drug-likeness (QED) is 0.730. The smallest absolute Gasteiger partial charge is 0.253 e. The van der Waals surface area contributed by atoms with Crippen LogP contribution < -0.4 is 10.1 Å². The summed E-state index contributed by atoms with van der Waals surface area (Å²) < 4.78 is 5.29. The maximum Gasteiger partial charge on any atom is 0.253 e. The largest absolute Gasteiger partial charge is 0.496 e. The molecular weight excluding hydrogens is 340 g/mol. The van der Waals surface area contributed by atoms with E-state index in [1.165, 1.54) is 0 Å². The molecule has 2 aromatic rings. The highest BCUT2D eigenvalue weighted by Gasteiger charge is 2.15.